The maximum absolute atomic E-state index is 7.17. The van der Waals surface area contributed by atoms with Crippen LogP contribution in [-0.4, -0.2) is 4.57 Å². The van der Waals surface area contributed by atoms with Gasteiger partial charge in [-0.25, -0.2) is 0 Å². The molecule has 2 aliphatic rings. The molecule has 1 spiro atoms. The predicted octanol–water partition coefficient (Wildman–Crippen LogP) is 16.2. The van der Waals surface area contributed by atoms with Gasteiger partial charge in [-0.05, 0) is 93.7 Å². The second kappa shape index (κ2) is 13.0. The Morgan fingerprint density at radius 1 is 0.413 bits per heavy atom. The number of benzene rings is 10. The Morgan fingerprint density at radius 3 is 1.98 bits per heavy atom. The Kier molecular flexibility index (Phi) is 7.20. The van der Waals surface area contributed by atoms with Crippen LogP contribution in [0.15, 0.2) is 218 Å². The fraction of sp³-hybridized carbons (Fsp3) is 0.0169. The van der Waals surface area contributed by atoms with Crippen molar-refractivity contribution in [2.45, 2.75) is 5.41 Å². The van der Waals surface area contributed by atoms with Crippen molar-refractivity contribution >= 4 is 81.1 Å². The first kappa shape index (κ1) is 34.8. The SMILES string of the molecule is c1ccc(-n2c3ccccc3c3ccc(N(c4ccc5c(c4)Oc4ccccc4C54c5ccccc5-c5cccc6cccc4c56)c4cccc5sc6ccccc6c45)cc32)cc1. The standard InChI is InChI=1S/C59H36N2OS/c1-2-17-38(18-3-1)61-50-26-9-5-20-42(50)43-33-31-39(35-52(43)61)60(51-27-14-30-56-58(51)45-21-6-11-29-55(45)63-56)40-32-34-48-54(36-40)62-53-28-10-8-24-47(53)59(48)46-23-7-4-19-41(46)44-22-12-15-37-16-13-25-49(59)57(37)44/h1-36H. The summed E-state index contributed by atoms with van der Waals surface area (Å²) in [4.78, 5) is 2.45. The summed E-state index contributed by atoms with van der Waals surface area (Å²) in [6.07, 6.45) is 0. The molecule has 0 radical (unpaired) electrons. The number of anilines is 3. The van der Waals surface area contributed by atoms with Crippen molar-refractivity contribution in [3.8, 4) is 28.3 Å². The summed E-state index contributed by atoms with van der Waals surface area (Å²) >= 11 is 1.85. The molecule has 10 aromatic carbocycles. The fourth-order valence-electron chi connectivity index (χ4n) is 11.1. The quantitative estimate of drug-likeness (QED) is 0.176. The Labute approximate surface area is 367 Å². The van der Waals surface area contributed by atoms with Gasteiger partial charge in [0.15, 0.2) is 0 Å². The van der Waals surface area contributed by atoms with Crippen molar-refractivity contribution < 1.29 is 4.74 Å². The smallest absolute Gasteiger partial charge is 0.134 e. The van der Waals surface area contributed by atoms with E-state index in [4.69, 9.17) is 4.74 Å². The van der Waals surface area contributed by atoms with Gasteiger partial charge in [-0.3, -0.25) is 0 Å². The Morgan fingerprint density at radius 2 is 1.06 bits per heavy atom. The molecule has 0 amide bonds. The highest BCUT2D eigenvalue weighted by molar-refractivity contribution is 7.26. The van der Waals surface area contributed by atoms with Gasteiger partial charge in [-0.2, -0.15) is 0 Å². The van der Waals surface area contributed by atoms with E-state index in [1.165, 1.54) is 69.5 Å². The molecular weight excluding hydrogens is 785 g/mol. The molecule has 4 heteroatoms. The zero-order valence-electron chi connectivity index (χ0n) is 34.0. The van der Waals surface area contributed by atoms with E-state index in [-0.39, 0.29) is 0 Å². The minimum atomic E-state index is -0.614. The lowest BCUT2D eigenvalue weighted by atomic mass is 9.58. The topological polar surface area (TPSA) is 17.4 Å². The maximum atomic E-state index is 7.17. The molecule has 1 aliphatic heterocycles. The highest BCUT2D eigenvalue weighted by Crippen LogP contribution is 2.62. The Balaban J connectivity index is 1.07. The van der Waals surface area contributed by atoms with Crippen LogP contribution in [0.25, 0.3) is 69.6 Å². The van der Waals surface area contributed by atoms with E-state index in [2.05, 4.69) is 228 Å². The third-order valence-corrected chi connectivity index (χ3v) is 14.8. The molecule has 294 valence electrons. The fourth-order valence-corrected chi connectivity index (χ4v) is 12.3. The van der Waals surface area contributed by atoms with Gasteiger partial charge in [0, 0.05) is 65.2 Å². The lowest BCUT2D eigenvalue weighted by molar-refractivity contribution is 0.435. The zero-order valence-corrected chi connectivity index (χ0v) is 34.8. The minimum Gasteiger partial charge on any atom is -0.457 e. The van der Waals surface area contributed by atoms with Crippen LogP contribution in [0.2, 0.25) is 0 Å². The summed E-state index contributed by atoms with van der Waals surface area (Å²) in [5, 5.41) is 7.49. The van der Waals surface area contributed by atoms with Crippen LogP contribution in [0.4, 0.5) is 17.1 Å². The van der Waals surface area contributed by atoms with E-state index in [9.17, 15) is 0 Å². The summed E-state index contributed by atoms with van der Waals surface area (Å²) in [6.45, 7) is 0. The second-order valence-corrected chi connectivity index (χ2v) is 17.8. The van der Waals surface area contributed by atoms with E-state index >= 15 is 0 Å². The van der Waals surface area contributed by atoms with Crippen LogP contribution >= 0.6 is 11.3 Å². The summed E-state index contributed by atoms with van der Waals surface area (Å²) in [5.41, 5.74) is 13.5. The van der Waals surface area contributed by atoms with Gasteiger partial charge < -0.3 is 14.2 Å². The van der Waals surface area contributed by atoms with Gasteiger partial charge in [0.2, 0.25) is 0 Å². The predicted molar refractivity (Wildman–Crippen MR) is 263 cm³/mol. The van der Waals surface area contributed by atoms with Crippen LogP contribution in [0, 0.1) is 0 Å². The van der Waals surface area contributed by atoms with Crippen molar-refractivity contribution in [3.63, 3.8) is 0 Å². The van der Waals surface area contributed by atoms with Crippen LogP contribution < -0.4 is 9.64 Å². The lowest BCUT2D eigenvalue weighted by Crippen LogP contribution is -2.36. The molecule has 0 saturated heterocycles. The number of aromatic nitrogens is 1. The lowest BCUT2D eigenvalue weighted by Gasteiger charge is -2.45. The molecule has 1 unspecified atom stereocenters. The number of nitrogens with zero attached hydrogens (tertiary/aromatic N) is 2. The number of rotatable bonds is 4. The minimum absolute atomic E-state index is 0.614. The van der Waals surface area contributed by atoms with E-state index in [0.717, 1.165) is 50.9 Å². The molecule has 3 heterocycles. The number of hydrogen-bond acceptors (Lipinski definition) is 3. The molecule has 1 atom stereocenters. The van der Waals surface area contributed by atoms with Crippen molar-refractivity contribution in [1.82, 2.24) is 4.57 Å². The molecule has 12 aromatic rings. The number of thiophene rings is 1. The third-order valence-electron chi connectivity index (χ3n) is 13.6. The first-order valence-electron chi connectivity index (χ1n) is 21.6. The van der Waals surface area contributed by atoms with Crippen LogP contribution in [0.1, 0.15) is 22.3 Å². The van der Waals surface area contributed by atoms with Gasteiger partial charge in [0.05, 0.1) is 22.1 Å². The van der Waals surface area contributed by atoms with Crippen molar-refractivity contribution in [2.24, 2.45) is 0 Å². The summed E-state index contributed by atoms with van der Waals surface area (Å²) in [7, 11) is 0. The number of para-hydroxylation sites is 3. The molecule has 0 bridgehead atoms. The van der Waals surface area contributed by atoms with E-state index in [1.54, 1.807) is 0 Å². The van der Waals surface area contributed by atoms with Crippen LogP contribution in [-0.2, 0) is 5.41 Å². The Bertz CT molecular complexity index is 3860. The molecule has 0 fully saturated rings. The summed E-state index contributed by atoms with van der Waals surface area (Å²) < 4.78 is 12.1. The van der Waals surface area contributed by atoms with Gasteiger partial charge >= 0.3 is 0 Å². The van der Waals surface area contributed by atoms with Gasteiger partial charge in [-0.1, -0.05) is 152 Å². The number of ether oxygens (including phenoxy) is 1. The molecule has 0 N–H and O–H groups in total. The second-order valence-electron chi connectivity index (χ2n) is 16.8. The van der Waals surface area contributed by atoms with Crippen molar-refractivity contribution in [1.29, 1.82) is 0 Å². The zero-order chi connectivity index (χ0) is 41.2. The summed E-state index contributed by atoms with van der Waals surface area (Å²) in [6, 6.07) is 80.2. The van der Waals surface area contributed by atoms with E-state index in [0.29, 0.717) is 0 Å². The average Bonchev–Trinajstić information content (AvgIpc) is 3.89. The van der Waals surface area contributed by atoms with Gasteiger partial charge in [0.25, 0.3) is 0 Å². The molecule has 14 rings (SSSR count). The number of fused-ring (bicyclic) bond motifs is 14. The molecule has 1 aliphatic carbocycles. The molecule has 0 saturated carbocycles. The van der Waals surface area contributed by atoms with Crippen molar-refractivity contribution in [3.05, 3.63) is 241 Å². The van der Waals surface area contributed by atoms with E-state index in [1.807, 2.05) is 11.3 Å². The average molecular weight is 821 g/mol. The normalized spacial score (nSPS) is 14.9. The summed E-state index contributed by atoms with van der Waals surface area (Å²) in [5.74, 6) is 1.73. The monoisotopic (exact) mass is 820 g/mol. The first-order chi connectivity index (χ1) is 31.3. The van der Waals surface area contributed by atoms with Crippen molar-refractivity contribution in [2.75, 3.05) is 4.90 Å². The highest BCUT2D eigenvalue weighted by Gasteiger charge is 2.49. The molecular formula is C59H36N2OS. The highest BCUT2D eigenvalue weighted by atomic mass is 32.1. The van der Waals surface area contributed by atoms with Crippen LogP contribution in [0.5, 0.6) is 11.5 Å². The van der Waals surface area contributed by atoms with Crippen LogP contribution in [0.3, 0.4) is 0 Å². The third kappa shape index (κ3) is 4.73. The Hall–Kier alpha value is -7.92. The molecule has 3 nitrogen and oxygen atoms in total. The maximum Gasteiger partial charge on any atom is 0.134 e. The first-order valence-corrected chi connectivity index (χ1v) is 22.4. The van der Waals surface area contributed by atoms with E-state index < -0.39 is 5.41 Å². The molecule has 2 aromatic heterocycles. The largest absolute Gasteiger partial charge is 0.457 e. The number of hydrogen-bond donors (Lipinski definition) is 0. The van der Waals surface area contributed by atoms with Gasteiger partial charge in [0.1, 0.15) is 11.5 Å². The molecule has 63 heavy (non-hydrogen) atoms. The van der Waals surface area contributed by atoms with Gasteiger partial charge in [-0.15, -0.1) is 11.3 Å².